The number of nitrogens with one attached hydrogen (secondary N) is 2. The van der Waals surface area contributed by atoms with Gasteiger partial charge in [-0.2, -0.15) is 0 Å². The second-order valence-electron chi connectivity index (χ2n) is 8.82. The molecule has 2 N–H and O–H groups in total. The van der Waals surface area contributed by atoms with Crippen LogP contribution in [0.1, 0.15) is 11.1 Å². The molecule has 4 unspecified atom stereocenters. The SMILES string of the molecule is O=C(Nc1ccccc1)C1C(C(=O)Nc2ccccc2)C(Cl)(c2ccccc2)C1(Cl)c1ccccc1. The maximum Gasteiger partial charge on any atom is 0.230 e. The first-order chi connectivity index (χ1) is 17.5. The number of benzene rings is 4. The van der Waals surface area contributed by atoms with Crippen LogP contribution in [0.3, 0.4) is 0 Å². The molecule has 180 valence electrons. The zero-order valence-electron chi connectivity index (χ0n) is 19.3. The molecule has 4 atom stereocenters. The van der Waals surface area contributed by atoms with Gasteiger partial charge in [0.1, 0.15) is 9.75 Å². The lowest BCUT2D eigenvalue weighted by Crippen LogP contribution is -2.71. The molecule has 0 radical (unpaired) electrons. The van der Waals surface area contributed by atoms with Gasteiger partial charge in [-0.25, -0.2) is 0 Å². The van der Waals surface area contributed by atoms with E-state index in [-0.39, 0.29) is 11.8 Å². The van der Waals surface area contributed by atoms with E-state index in [4.69, 9.17) is 23.2 Å². The fourth-order valence-corrected chi connectivity index (χ4v) is 6.26. The van der Waals surface area contributed by atoms with Crippen molar-refractivity contribution in [2.75, 3.05) is 10.6 Å². The molecule has 0 saturated heterocycles. The molecular formula is C30H24Cl2N2O2. The molecule has 36 heavy (non-hydrogen) atoms. The van der Waals surface area contributed by atoms with E-state index in [0.717, 1.165) is 0 Å². The molecule has 1 saturated carbocycles. The summed E-state index contributed by atoms with van der Waals surface area (Å²) in [7, 11) is 0. The summed E-state index contributed by atoms with van der Waals surface area (Å²) >= 11 is 14.9. The third-order valence-electron chi connectivity index (χ3n) is 6.76. The summed E-state index contributed by atoms with van der Waals surface area (Å²) in [5, 5.41) is 5.89. The standard InChI is InChI=1S/C30H24Cl2N2O2/c31-29(21-13-5-1-6-14-21)25(27(35)33-23-17-9-3-10-18-23)26(28(36)34-24-19-11-4-12-20-24)30(29,32)22-15-7-2-8-16-22/h1-20,25-26H,(H,33,35)(H,34,36). The normalized spacial score (nSPS) is 24.8. The van der Waals surface area contributed by atoms with Crippen LogP contribution in [0.2, 0.25) is 0 Å². The number of carbonyl (C=O) groups excluding carboxylic acids is 2. The van der Waals surface area contributed by atoms with Crippen LogP contribution < -0.4 is 10.6 Å². The van der Waals surface area contributed by atoms with Crippen molar-refractivity contribution < 1.29 is 9.59 Å². The lowest BCUT2D eigenvalue weighted by Gasteiger charge is -2.62. The zero-order chi connectivity index (χ0) is 25.2. The Balaban J connectivity index is 1.64. The van der Waals surface area contributed by atoms with E-state index >= 15 is 0 Å². The Morgan fingerprint density at radius 1 is 0.500 bits per heavy atom. The van der Waals surface area contributed by atoms with Crippen molar-refractivity contribution in [1.29, 1.82) is 0 Å². The predicted octanol–water partition coefficient (Wildman–Crippen LogP) is 6.78. The number of para-hydroxylation sites is 2. The van der Waals surface area contributed by atoms with Crippen LogP contribution in [0.4, 0.5) is 11.4 Å². The molecule has 0 bridgehead atoms. The molecule has 1 aliphatic carbocycles. The maximum absolute atomic E-state index is 13.8. The fourth-order valence-electron chi connectivity index (χ4n) is 5.10. The van der Waals surface area contributed by atoms with Crippen molar-refractivity contribution in [3.63, 3.8) is 0 Å². The smallest absolute Gasteiger partial charge is 0.230 e. The number of rotatable bonds is 6. The Morgan fingerprint density at radius 2 is 0.778 bits per heavy atom. The highest BCUT2D eigenvalue weighted by molar-refractivity contribution is 6.40. The first kappa shape index (κ1) is 24.1. The molecule has 0 aromatic heterocycles. The van der Waals surface area contributed by atoms with Crippen LogP contribution in [0.25, 0.3) is 0 Å². The molecule has 5 rings (SSSR count). The average molecular weight is 515 g/mol. The Kier molecular flexibility index (Phi) is 6.57. The van der Waals surface area contributed by atoms with Gasteiger partial charge >= 0.3 is 0 Å². The van der Waals surface area contributed by atoms with Crippen LogP contribution in [0.5, 0.6) is 0 Å². The Bertz CT molecular complexity index is 1250. The monoisotopic (exact) mass is 514 g/mol. The van der Waals surface area contributed by atoms with E-state index < -0.39 is 21.6 Å². The first-order valence-corrected chi connectivity index (χ1v) is 12.4. The summed E-state index contributed by atoms with van der Waals surface area (Å²) < 4.78 is 0. The summed E-state index contributed by atoms with van der Waals surface area (Å²) in [6, 6.07) is 36.8. The molecule has 1 aliphatic rings. The third-order valence-corrected chi connectivity index (χ3v) is 8.35. The average Bonchev–Trinajstić information content (AvgIpc) is 2.92. The second kappa shape index (κ2) is 9.81. The van der Waals surface area contributed by atoms with Gasteiger partial charge in [0.05, 0.1) is 11.8 Å². The van der Waals surface area contributed by atoms with Crippen LogP contribution in [-0.2, 0) is 19.3 Å². The highest BCUT2D eigenvalue weighted by atomic mass is 35.5. The van der Waals surface area contributed by atoms with E-state index in [9.17, 15) is 9.59 Å². The largest absolute Gasteiger partial charge is 0.326 e. The van der Waals surface area contributed by atoms with Crippen molar-refractivity contribution in [3.05, 3.63) is 132 Å². The van der Waals surface area contributed by atoms with Gasteiger partial charge in [0.2, 0.25) is 11.8 Å². The van der Waals surface area contributed by atoms with E-state index in [1.807, 2.05) is 97.1 Å². The first-order valence-electron chi connectivity index (χ1n) is 11.7. The van der Waals surface area contributed by atoms with Gasteiger partial charge in [0, 0.05) is 11.4 Å². The molecule has 1 fully saturated rings. The minimum Gasteiger partial charge on any atom is -0.326 e. The summed E-state index contributed by atoms with van der Waals surface area (Å²) in [6.45, 7) is 0. The van der Waals surface area contributed by atoms with Gasteiger partial charge in [0.25, 0.3) is 0 Å². The van der Waals surface area contributed by atoms with Crippen LogP contribution >= 0.6 is 23.2 Å². The molecule has 0 aliphatic heterocycles. The Morgan fingerprint density at radius 3 is 1.08 bits per heavy atom. The lowest BCUT2D eigenvalue weighted by atomic mass is 9.50. The van der Waals surface area contributed by atoms with Gasteiger partial charge in [0.15, 0.2) is 0 Å². The predicted molar refractivity (Wildman–Crippen MR) is 145 cm³/mol. The highest BCUT2D eigenvalue weighted by Gasteiger charge is 2.76. The Labute approximate surface area is 220 Å². The highest BCUT2D eigenvalue weighted by Crippen LogP contribution is 2.71. The van der Waals surface area contributed by atoms with Crippen molar-refractivity contribution in [2.24, 2.45) is 11.8 Å². The molecule has 0 spiro atoms. The summed E-state index contributed by atoms with van der Waals surface area (Å²) in [6.07, 6.45) is 0. The number of hydrogen-bond acceptors (Lipinski definition) is 2. The van der Waals surface area contributed by atoms with Crippen LogP contribution in [0, 0.1) is 11.8 Å². The van der Waals surface area contributed by atoms with Gasteiger partial charge in [-0.3, -0.25) is 9.59 Å². The maximum atomic E-state index is 13.8. The summed E-state index contributed by atoms with van der Waals surface area (Å²) in [5.41, 5.74) is 2.57. The van der Waals surface area contributed by atoms with Gasteiger partial charge < -0.3 is 10.6 Å². The van der Waals surface area contributed by atoms with Gasteiger partial charge in [-0.15, -0.1) is 23.2 Å². The number of alkyl halides is 2. The fraction of sp³-hybridized carbons (Fsp3) is 0.133. The molecular weight excluding hydrogens is 491 g/mol. The van der Waals surface area contributed by atoms with Crippen molar-refractivity contribution in [2.45, 2.75) is 9.75 Å². The number of anilines is 2. The molecule has 6 heteroatoms. The number of carbonyl (C=O) groups is 2. The van der Waals surface area contributed by atoms with E-state index in [2.05, 4.69) is 10.6 Å². The minimum atomic E-state index is -1.39. The molecule has 4 nitrogen and oxygen atoms in total. The van der Waals surface area contributed by atoms with Gasteiger partial charge in [-0.05, 0) is 35.4 Å². The van der Waals surface area contributed by atoms with E-state index in [0.29, 0.717) is 22.5 Å². The zero-order valence-corrected chi connectivity index (χ0v) is 20.8. The number of halogens is 2. The van der Waals surface area contributed by atoms with Gasteiger partial charge in [-0.1, -0.05) is 97.1 Å². The molecule has 4 aromatic rings. The van der Waals surface area contributed by atoms with E-state index in [1.54, 1.807) is 24.3 Å². The van der Waals surface area contributed by atoms with Crippen molar-refractivity contribution in [3.8, 4) is 0 Å². The van der Waals surface area contributed by atoms with Crippen LogP contribution in [-0.4, -0.2) is 11.8 Å². The summed E-state index contributed by atoms with van der Waals surface area (Å²) in [5.74, 6) is -2.66. The molecule has 2 amide bonds. The summed E-state index contributed by atoms with van der Waals surface area (Å²) in [4.78, 5) is 24.9. The van der Waals surface area contributed by atoms with Crippen LogP contribution in [0.15, 0.2) is 121 Å². The minimum absolute atomic E-state index is 0.375. The van der Waals surface area contributed by atoms with E-state index in [1.165, 1.54) is 0 Å². The van der Waals surface area contributed by atoms with Crippen molar-refractivity contribution in [1.82, 2.24) is 0 Å². The Hall–Kier alpha value is -3.60. The lowest BCUT2D eigenvalue weighted by molar-refractivity contribution is -0.143. The quantitative estimate of drug-likeness (QED) is 0.278. The number of hydrogen-bond donors (Lipinski definition) is 2. The molecule has 4 aromatic carbocycles. The molecule has 0 heterocycles. The van der Waals surface area contributed by atoms with Crippen molar-refractivity contribution >= 4 is 46.4 Å². The second-order valence-corrected chi connectivity index (χ2v) is 10.0. The number of amides is 2. The topological polar surface area (TPSA) is 58.2 Å². The third kappa shape index (κ3) is 3.97.